The lowest BCUT2D eigenvalue weighted by atomic mass is 10.1. The summed E-state index contributed by atoms with van der Waals surface area (Å²) in [6.45, 7) is 2.54. The Labute approximate surface area is 147 Å². The standard InChI is InChI=1S/C19H22N4O2/c1-13-21-19(23-22-13)18(15-7-5-4-6-8-15)20-12-14-9-10-16(24-2)17(11-14)25-3/h4-11,18,20H,12H2,1-3H3,(H,21,22,23)/t18-/m1/s1. The van der Waals surface area contributed by atoms with Gasteiger partial charge in [0.05, 0.1) is 20.3 Å². The van der Waals surface area contributed by atoms with Crippen LogP contribution in [0.15, 0.2) is 48.5 Å². The summed E-state index contributed by atoms with van der Waals surface area (Å²) in [4.78, 5) is 4.49. The molecule has 0 unspecified atom stereocenters. The van der Waals surface area contributed by atoms with Gasteiger partial charge < -0.3 is 9.47 Å². The van der Waals surface area contributed by atoms with Crippen molar-refractivity contribution >= 4 is 0 Å². The van der Waals surface area contributed by atoms with Crippen molar-refractivity contribution < 1.29 is 9.47 Å². The lowest BCUT2D eigenvalue weighted by Gasteiger charge is -2.17. The van der Waals surface area contributed by atoms with Crippen LogP contribution in [0.5, 0.6) is 11.5 Å². The lowest BCUT2D eigenvalue weighted by molar-refractivity contribution is 0.354. The first-order chi connectivity index (χ1) is 12.2. The van der Waals surface area contributed by atoms with Crippen molar-refractivity contribution in [3.63, 3.8) is 0 Å². The maximum atomic E-state index is 5.37. The average Bonchev–Trinajstić information content (AvgIpc) is 3.08. The van der Waals surface area contributed by atoms with E-state index in [2.05, 4.69) is 32.6 Å². The predicted octanol–water partition coefficient (Wildman–Crippen LogP) is 3.01. The number of rotatable bonds is 7. The molecule has 130 valence electrons. The van der Waals surface area contributed by atoms with E-state index < -0.39 is 0 Å². The highest BCUT2D eigenvalue weighted by molar-refractivity contribution is 5.43. The molecule has 6 heteroatoms. The van der Waals surface area contributed by atoms with Crippen LogP contribution >= 0.6 is 0 Å². The van der Waals surface area contributed by atoms with Gasteiger partial charge in [-0.1, -0.05) is 36.4 Å². The first-order valence-corrected chi connectivity index (χ1v) is 8.09. The number of H-pyrrole nitrogens is 1. The second-order valence-electron chi connectivity index (χ2n) is 5.69. The number of aryl methyl sites for hydroxylation is 1. The van der Waals surface area contributed by atoms with Gasteiger partial charge in [0.2, 0.25) is 0 Å². The zero-order chi connectivity index (χ0) is 17.6. The van der Waals surface area contributed by atoms with Crippen molar-refractivity contribution in [3.8, 4) is 11.5 Å². The molecule has 0 amide bonds. The number of methoxy groups -OCH3 is 2. The van der Waals surface area contributed by atoms with Gasteiger partial charge in [0, 0.05) is 6.54 Å². The van der Waals surface area contributed by atoms with Crippen LogP contribution < -0.4 is 14.8 Å². The van der Waals surface area contributed by atoms with Gasteiger partial charge in [-0.25, -0.2) is 4.98 Å². The number of aromatic amines is 1. The van der Waals surface area contributed by atoms with Gasteiger partial charge >= 0.3 is 0 Å². The number of aromatic nitrogens is 3. The summed E-state index contributed by atoms with van der Waals surface area (Å²) in [5.41, 5.74) is 2.20. The fourth-order valence-electron chi connectivity index (χ4n) is 2.70. The van der Waals surface area contributed by atoms with E-state index in [0.717, 1.165) is 28.5 Å². The van der Waals surface area contributed by atoms with E-state index in [0.29, 0.717) is 12.3 Å². The molecule has 0 spiro atoms. The Hall–Kier alpha value is -2.86. The molecule has 0 fully saturated rings. The molecule has 0 saturated carbocycles. The first-order valence-electron chi connectivity index (χ1n) is 8.09. The molecule has 0 bridgehead atoms. The third kappa shape index (κ3) is 3.97. The molecular weight excluding hydrogens is 316 g/mol. The quantitative estimate of drug-likeness (QED) is 0.693. The second kappa shape index (κ2) is 7.81. The molecule has 1 heterocycles. The molecule has 2 aromatic carbocycles. The highest BCUT2D eigenvalue weighted by Gasteiger charge is 2.18. The van der Waals surface area contributed by atoms with E-state index in [1.807, 2.05) is 43.3 Å². The minimum absolute atomic E-state index is 0.0979. The highest BCUT2D eigenvalue weighted by atomic mass is 16.5. The van der Waals surface area contributed by atoms with Crippen molar-refractivity contribution in [2.45, 2.75) is 19.5 Å². The predicted molar refractivity (Wildman–Crippen MR) is 95.8 cm³/mol. The molecule has 6 nitrogen and oxygen atoms in total. The molecule has 3 rings (SSSR count). The SMILES string of the molecule is COc1ccc(CN[C@H](c2ccccc2)c2n[nH]c(C)n2)cc1OC. The topological polar surface area (TPSA) is 72.1 Å². The van der Waals surface area contributed by atoms with E-state index >= 15 is 0 Å². The Morgan fingerprint density at radius 2 is 1.80 bits per heavy atom. The largest absolute Gasteiger partial charge is 0.493 e. The third-order valence-corrected chi connectivity index (χ3v) is 3.96. The zero-order valence-corrected chi connectivity index (χ0v) is 14.6. The van der Waals surface area contributed by atoms with Crippen molar-refractivity contribution in [3.05, 3.63) is 71.3 Å². The van der Waals surface area contributed by atoms with Gasteiger partial charge in [-0.3, -0.25) is 10.4 Å². The summed E-state index contributed by atoms with van der Waals surface area (Å²) < 4.78 is 10.7. The summed E-state index contributed by atoms with van der Waals surface area (Å²) in [5, 5.41) is 10.8. The number of nitrogens with zero attached hydrogens (tertiary/aromatic N) is 2. The number of hydrogen-bond acceptors (Lipinski definition) is 5. The second-order valence-corrected chi connectivity index (χ2v) is 5.69. The molecule has 1 atom stereocenters. The van der Waals surface area contributed by atoms with Crippen molar-refractivity contribution in [2.75, 3.05) is 14.2 Å². The van der Waals surface area contributed by atoms with Gasteiger partial charge in [0.15, 0.2) is 17.3 Å². The summed E-state index contributed by atoms with van der Waals surface area (Å²) in [6, 6.07) is 16.0. The van der Waals surface area contributed by atoms with Gasteiger partial charge in [0.25, 0.3) is 0 Å². The molecule has 3 aromatic rings. The summed E-state index contributed by atoms with van der Waals surface area (Å²) in [6.07, 6.45) is 0. The van der Waals surface area contributed by atoms with Crippen LogP contribution in [0.2, 0.25) is 0 Å². The van der Waals surface area contributed by atoms with E-state index in [-0.39, 0.29) is 6.04 Å². The van der Waals surface area contributed by atoms with E-state index in [1.165, 1.54) is 0 Å². The molecule has 1 aromatic heterocycles. The van der Waals surface area contributed by atoms with Crippen molar-refractivity contribution in [1.82, 2.24) is 20.5 Å². The Kier molecular flexibility index (Phi) is 5.30. The van der Waals surface area contributed by atoms with Crippen LogP contribution in [0, 0.1) is 6.92 Å². The first kappa shape index (κ1) is 17.0. The van der Waals surface area contributed by atoms with Crippen LogP contribution in [0.4, 0.5) is 0 Å². The van der Waals surface area contributed by atoms with Crippen LogP contribution in [-0.4, -0.2) is 29.4 Å². The minimum atomic E-state index is -0.0979. The third-order valence-electron chi connectivity index (χ3n) is 3.96. The number of hydrogen-bond donors (Lipinski definition) is 2. The maximum Gasteiger partial charge on any atom is 0.172 e. The van der Waals surface area contributed by atoms with E-state index in [9.17, 15) is 0 Å². The molecule has 0 aliphatic rings. The summed E-state index contributed by atoms with van der Waals surface area (Å²) >= 11 is 0. The molecule has 0 aliphatic carbocycles. The van der Waals surface area contributed by atoms with Gasteiger partial charge in [-0.2, -0.15) is 5.10 Å². The fourth-order valence-corrected chi connectivity index (χ4v) is 2.70. The molecule has 0 radical (unpaired) electrons. The summed E-state index contributed by atoms with van der Waals surface area (Å²) in [7, 11) is 3.27. The van der Waals surface area contributed by atoms with Gasteiger partial charge in [-0.15, -0.1) is 0 Å². The zero-order valence-electron chi connectivity index (χ0n) is 14.6. The normalized spacial score (nSPS) is 12.0. The highest BCUT2D eigenvalue weighted by Crippen LogP contribution is 2.28. The maximum absolute atomic E-state index is 5.37. The minimum Gasteiger partial charge on any atom is -0.493 e. The van der Waals surface area contributed by atoms with Crippen molar-refractivity contribution in [2.24, 2.45) is 0 Å². The Morgan fingerprint density at radius 1 is 1.04 bits per heavy atom. The van der Waals surface area contributed by atoms with Crippen molar-refractivity contribution in [1.29, 1.82) is 0 Å². The van der Waals surface area contributed by atoms with Gasteiger partial charge in [0.1, 0.15) is 5.82 Å². The van der Waals surface area contributed by atoms with Crippen LogP contribution in [0.25, 0.3) is 0 Å². The summed E-state index contributed by atoms with van der Waals surface area (Å²) in [5.74, 6) is 2.95. The Morgan fingerprint density at radius 3 is 2.44 bits per heavy atom. The number of nitrogens with one attached hydrogen (secondary N) is 2. The molecule has 0 saturated heterocycles. The van der Waals surface area contributed by atoms with Crippen LogP contribution in [-0.2, 0) is 6.54 Å². The number of ether oxygens (including phenoxy) is 2. The molecule has 25 heavy (non-hydrogen) atoms. The van der Waals surface area contributed by atoms with Gasteiger partial charge in [-0.05, 0) is 30.2 Å². The average molecular weight is 338 g/mol. The van der Waals surface area contributed by atoms with E-state index in [1.54, 1.807) is 14.2 Å². The van der Waals surface area contributed by atoms with Crippen LogP contribution in [0.3, 0.4) is 0 Å². The molecular formula is C19H22N4O2. The Balaban J connectivity index is 1.82. The number of benzene rings is 2. The molecule has 2 N–H and O–H groups in total. The smallest absolute Gasteiger partial charge is 0.172 e. The van der Waals surface area contributed by atoms with Crippen LogP contribution in [0.1, 0.15) is 28.8 Å². The fraction of sp³-hybridized carbons (Fsp3) is 0.263. The monoisotopic (exact) mass is 338 g/mol. The lowest BCUT2D eigenvalue weighted by Crippen LogP contribution is -2.23. The Bertz CT molecular complexity index is 817. The van der Waals surface area contributed by atoms with E-state index in [4.69, 9.17) is 9.47 Å². The molecule has 0 aliphatic heterocycles.